The molecule has 7 heteroatoms. The van der Waals surface area contributed by atoms with Crippen molar-refractivity contribution in [3.05, 3.63) is 29.3 Å². The Kier molecular flexibility index (Phi) is 7.07. The van der Waals surface area contributed by atoms with E-state index < -0.39 is 0 Å². The lowest BCUT2D eigenvalue weighted by molar-refractivity contribution is 0.0397. The minimum atomic E-state index is -0.192. The number of anilines is 1. The zero-order valence-corrected chi connectivity index (χ0v) is 18.1. The Balaban J connectivity index is 1.40. The van der Waals surface area contributed by atoms with Gasteiger partial charge in [0.25, 0.3) is 0 Å². The number of hydrogen-bond acceptors (Lipinski definition) is 5. The van der Waals surface area contributed by atoms with E-state index in [-0.39, 0.29) is 11.5 Å². The average Bonchev–Trinajstić information content (AvgIpc) is 2.69. The molecule has 0 saturated carbocycles. The van der Waals surface area contributed by atoms with Crippen LogP contribution >= 0.6 is 11.6 Å². The van der Waals surface area contributed by atoms with Crippen LogP contribution in [0.1, 0.15) is 13.8 Å². The molecule has 6 nitrogen and oxygen atoms in total. The van der Waals surface area contributed by atoms with Gasteiger partial charge in [-0.25, -0.2) is 4.79 Å². The second-order valence-corrected chi connectivity index (χ2v) is 9.19. The molecule has 3 rings (SSSR count). The lowest BCUT2D eigenvalue weighted by Crippen LogP contribution is -2.50. The summed E-state index contributed by atoms with van der Waals surface area (Å²) in [5.41, 5.74) is 1.10. The Labute approximate surface area is 174 Å². The monoisotopic (exact) mass is 408 g/mol. The molecule has 2 saturated heterocycles. The summed E-state index contributed by atoms with van der Waals surface area (Å²) in [6.07, 6.45) is -0.192. The highest BCUT2D eigenvalue weighted by atomic mass is 35.5. The van der Waals surface area contributed by atoms with Crippen LogP contribution in [0.25, 0.3) is 0 Å². The normalized spacial score (nSPS) is 19.7. The molecule has 1 aromatic rings. The topological polar surface area (TPSA) is 39.3 Å². The van der Waals surface area contributed by atoms with Gasteiger partial charge in [-0.05, 0) is 31.3 Å². The zero-order valence-electron chi connectivity index (χ0n) is 17.4. The molecule has 2 heterocycles. The maximum Gasteiger partial charge on any atom is 0.409 e. The highest BCUT2D eigenvalue weighted by molar-refractivity contribution is 6.30. The Hall–Kier alpha value is -1.50. The largest absolute Gasteiger partial charge is 0.449 e. The molecule has 0 atom stereocenters. The van der Waals surface area contributed by atoms with E-state index >= 15 is 0 Å². The number of ether oxygens (including phenoxy) is 1. The number of carbonyl (C=O) groups is 1. The van der Waals surface area contributed by atoms with Gasteiger partial charge in [-0.2, -0.15) is 0 Å². The highest BCUT2D eigenvalue weighted by Gasteiger charge is 2.28. The van der Waals surface area contributed by atoms with Crippen molar-refractivity contribution >= 4 is 23.4 Å². The zero-order chi connectivity index (χ0) is 20.1. The fraction of sp³-hybridized carbons (Fsp3) is 0.667. The van der Waals surface area contributed by atoms with Crippen molar-refractivity contribution in [1.82, 2.24) is 14.7 Å². The number of nitrogens with zero attached hydrogens (tertiary/aromatic N) is 4. The van der Waals surface area contributed by atoms with Crippen molar-refractivity contribution in [1.29, 1.82) is 0 Å². The van der Waals surface area contributed by atoms with E-state index in [0.717, 1.165) is 56.5 Å². The van der Waals surface area contributed by atoms with Gasteiger partial charge in [0.15, 0.2) is 0 Å². The SMILES string of the molecule is CN1CCN(CC(C)(C)COC(=O)N2CCN(c3ccc(Cl)cc3)CC2)CC1. The molecule has 0 aliphatic carbocycles. The van der Waals surface area contributed by atoms with E-state index in [2.05, 4.69) is 35.6 Å². The third-order valence-corrected chi connectivity index (χ3v) is 5.82. The predicted molar refractivity (Wildman–Crippen MR) is 114 cm³/mol. The van der Waals surface area contributed by atoms with E-state index in [1.165, 1.54) is 0 Å². The van der Waals surface area contributed by atoms with Gasteiger partial charge in [0.2, 0.25) is 0 Å². The van der Waals surface area contributed by atoms with E-state index in [1.807, 2.05) is 29.2 Å². The van der Waals surface area contributed by atoms with Crippen LogP contribution in [0.2, 0.25) is 5.02 Å². The summed E-state index contributed by atoms with van der Waals surface area (Å²) in [4.78, 5) is 21.4. The first-order valence-corrected chi connectivity index (χ1v) is 10.5. The summed E-state index contributed by atoms with van der Waals surface area (Å²) in [5.74, 6) is 0. The minimum absolute atomic E-state index is 0.0449. The van der Waals surface area contributed by atoms with Crippen molar-refractivity contribution in [3.63, 3.8) is 0 Å². The number of hydrogen-bond donors (Lipinski definition) is 0. The molecule has 0 spiro atoms. The third-order valence-electron chi connectivity index (χ3n) is 5.56. The summed E-state index contributed by atoms with van der Waals surface area (Å²) >= 11 is 5.96. The highest BCUT2D eigenvalue weighted by Crippen LogP contribution is 2.21. The number of rotatable bonds is 5. The minimum Gasteiger partial charge on any atom is -0.449 e. The maximum atomic E-state index is 12.5. The third kappa shape index (κ3) is 6.00. The lowest BCUT2D eigenvalue weighted by Gasteiger charge is -2.38. The molecular formula is C21H33ClN4O2. The molecule has 156 valence electrons. The van der Waals surface area contributed by atoms with Crippen molar-refractivity contribution < 1.29 is 9.53 Å². The molecule has 2 aliphatic rings. The van der Waals surface area contributed by atoms with E-state index in [9.17, 15) is 4.79 Å². The van der Waals surface area contributed by atoms with Crippen LogP contribution in [-0.4, -0.2) is 93.4 Å². The van der Waals surface area contributed by atoms with Crippen molar-refractivity contribution in [2.75, 3.05) is 77.5 Å². The first kappa shape index (κ1) is 21.2. The van der Waals surface area contributed by atoms with Crippen LogP contribution in [0.4, 0.5) is 10.5 Å². The number of amides is 1. The molecule has 0 unspecified atom stereocenters. The first-order valence-electron chi connectivity index (χ1n) is 10.2. The summed E-state index contributed by atoms with van der Waals surface area (Å²) in [6.45, 7) is 13.1. The molecule has 0 bridgehead atoms. The van der Waals surface area contributed by atoms with Crippen LogP contribution in [0.3, 0.4) is 0 Å². The van der Waals surface area contributed by atoms with Crippen molar-refractivity contribution in [2.24, 2.45) is 5.41 Å². The molecule has 1 amide bonds. The van der Waals surface area contributed by atoms with Crippen molar-refractivity contribution in [2.45, 2.75) is 13.8 Å². The van der Waals surface area contributed by atoms with Crippen LogP contribution < -0.4 is 4.90 Å². The van der Waals surface area contributed by atoms with Gasteiger partial charge >= 0.3 is 6.09 Å². The molecule has 28 heavy (non-hydrogen) atoms. The standard InChI is InChI=1S/C21H33ClN4O2/c1-21(2,16-24-10-8-23(3)9-11-24)17-28-20(27)26-14-12-25(13-15-26)19-6-4-18(22)5-7-19/h4-7H,8-17H2,1-3H3. The fourth-order valence-electron chi connectivity index (χ4n) is 3.80. The van der Waals surface area contributed by atoms with Gasteiger partial charge in [0.05, 0.1) is 6.61 Å². The molecule has 1 aromatic carbocycles. The second kappa shape index (κ2) is 9.33. The Morgan fingerprint density at radius 1 is 1.00 bits per heavy atom. The number of halogens is 1. The summed E-state index contributed by atoms with van der Waals surface area (Å²) in [5, 5.41) is 0.741. The van der Waals surface area contributed by atoms with Gasteiger partial charge < -0.3 is 24.3 Å². The van der Waals surface area contributed by atoms with Crippen LogP contribution in [0.15, 0.2) is 24.3 Å². The van der Waals surface area contributed by atoms with E-state index in [4.69, 9.17) is 16.3 Å². The Morgan fingerprint density at radius 3 is 2.21 bits per heavy atom. The van der Waals surface area contributed by atoms with Crippen molar-refractivity contribution in [3.8, 4) is 0 Å². The summed E-state index contributed by atoms with van der Waals surface area (Å²) in [6, 6.07) is 7.86. The van der Waals surface area contributed by atoms with Gasteiger partial charge in [-0.15, -0.1) is 0 Å². The molecule has 0 radical (unpaired) electrons. The smallest absolute Gasteiger partial charge is 0.409 e. The number of carbonyl (C=O) groups excluding carboxylic acids is 1. The Morgan fingerprint density at radius 2 is 1.61 bits per heavy atom. The fourth-order valence-corrected chi connectivity index (χ4v) is 3.93. The molecular weight excluding hydrogens is 376 g/mol. The lowest BCUT2D eigenvalue weighted by atomic mass is 9.93. The van der Waals surface area contributed by atoms with Crippen LogP contribution in [-0.2, 0) is 4.74 Å². The van der Waals surface area contributed by atoms with E-state index in [0.29, 0.717) is 19.7 Å². The van der Waals surface area contributed by atoms with Gasteiger partial charge in [-0.1, -0.05) is 25.4 Å². The van der Waals surface area contributed by atoms with Gasteiger partial charge in [0.1, 0.15) is 0 Å². The second-order valence-electron chi connectivity index (χ2n) is 8.75. The predicted octanol–water partition coefficient (Wildman–Crippen LogP) is 2.87. The summed E-state index contributed by atoms with van der Waals surface area (Å²) in [7, 11) is 2.16. The maximum absolute atomic E-state index is 12.5. The van der Waals surface area contributed by atoms with Crippen LogP contribution in [0.5, 0.6) is 0 Å². The molecule has 0 aromatic heterocycles. The quantitative estimate of drug-likeness (QED) is 0.749. The summed E-state index contributed by atoms with van der Waals surface area (Å²) < 4.78 is 5.68. The average molecular weight is 409 g/mol. The van der Waals surface area contributed by atoms with Gasteiger partial charge in [0, 0.05) is 75.0 Å². The molecule has 0 N–H and O–H groups in total. The Bertz CT molecular complexity index is 636. The first-order chi connectivity index (χ1) is 13.3. The van der Waals surface area contributed by atoms with Crippen LogP contribution in [0, 0.1) is 5.41 Å². The number of benzene rings is 1. The number of likely N-dealkylation sites (N-methyl/N-ethyl adjacent to an activating group) is 1. The molecule has 2 fully saturated rings. The molecule has 2 aliphatic heterocycles. The van der Waals surface area contributed by atoms with E-state index in [1.54, 1.807) is 0 Å². The number of piperazine rings is 2. The van der Waals surface area contributed by atoms with Gasteiger partial charge in [-0.3, -0.25) is 0 Å².